The Labute approximate surface area is 177 Å². The Balaban J connectivity index is 1.75. The summed E-state index contributed by atoms with van der Waals surface area (Å²) in [6.45, 7) is 4.47. The minimum Gasteiger partial charge on any atom is -0.467 e. The summed E-state index contributed by atoms with van der Waals surface area (Å²) < 4.78 is 48.3. The second kappa shape index (κ2) is 8.20. The van der Waals surface area contributed by atoms with Gasteiger partial charge in [-0.25, -0.2) is 4.68 Å². The Morgan fingerprint density at radius 2 is 1.84 bits per heavy atom. The molecule has 9 heteroatoms. The van der Waals surface area contributed by atoms with Gasteiger partial charge in [0.15, 0.2) is 12.3 Å². The number of likely N-dealkylation sites (tertiary alicyclic amines) is 1. The number of fused-ring (bicyclic) bond motifs is 1. The molecular weight excluding hydrogens is 409 g/mol. The first-order valence-corrected chi connectivity index (χ1v) is 10.3. The molecule has 0 radical (unpaired) electrons. The normalized spacial score (nSPS) is 14.4. The van der Waals surface area contributed by atoms with Gasteiger partial charge >= 0.3 is 6.18 Å². The molecule has 0 N–H and O–H groups in total. The van der Waals surface area contributed by atoms with Gasteiger partial charge in [-0.2, -0.15) is 23.3 Å². The lowest BCUT2D eigenvalue weighted by molar-refractivity contribution is -0.136. The van der Waals surface area contributed by atoms with Gasteiger partial charge in [0.1, 0.15) is 0 Å². The topological polar surface area (TPSA) is 60.3 Å². The third-order valence-electron chi connectivity index (χ3n) is 5.49. The van der Waals surface area contributed by atoms with E-state index >= 15 is 0 Å². The maximum absolute atomic E-state index is 13.8. The molecule has 0 atom stereocenters. The van der Waals surface area contributed by atoms with Crippen molar-refractivity contribution in [3.05, 3.63) is 47.2 Å². The smallest absolute Gasteiger partial charge is 0.417 e. The molecule has 1 aromatic carbocycles. The molecule has 0 spiro atoms. The first-order chi connectivity index (χ1) is 14.8. The SMILES string of the molecule is CCc1ccc(-n2nc(C)c3c(C(F)(F)F)cc(OCC(=O)N4CCCC4)nc32)cc1. The first-order valence-electron chi connectivity index (χ1n) is 10.3. The van der Waals surface area contributed by atoms with Crippen molar-refractivity contribution >= 4 is 16.9 Å². The molecule has 1 saturated heterocycles. The average Bonchev–Trinajstić information content (AvgIpc) is 3.40. The average molecular weight is 432 g/mol. The molecule has 6 nitrogen and oxygen atoms in total. The van der Waals surface area contributed by atoms with Gasteiger partial charge < -0.3 is 9.64 Å². The van der Waals surface area contributed by atoms with Gasteiger partial charge in [-0.1, -0.05) is 19.1 Å². The van der Waals surface area contributed by atoms with E-state index in [0.717, 1.165) is 30.9 Å². The second-order valence-electron chi connectivity index (χ2n) is 7.60. The van der Waals surface area contributed by atoms with Gasteiger partial charge in [-0.05, 0) is 43.9 Å². The molecule has 2 aromatic heterocycles. The summed E-state index contributed by atoms with van der Waals surface area (Å²) in [6.07, 6.45) is -1.94. The Morgan fingerprint density at radius 3 is 2.45 bits per heavy atom. The number of hydrogen-bond donors (Lipinski definition) is 0. The molecule has 0 aliphatic carbocycles. The fourth-order valence-corrected chi connectivity index (χ4v) is 3.81. The van der Waals surface area contributed by atoms with E-state index in [9.17, 15) is 18.0 Å². The molecule has 1 fully saturated rings. The highest BCUT2D eigenvalue weighted by molar-refractivity contribution is 5.85. The van der Waals surface area contributed by atoms with E-state index in [-0.39, 0.29) is 35.1 Å². The minimum atomic E-state index is -4.62. The number of carbonyl (C=O) groups is 1. The zero-order chi connectivity index (χ0) is 22.2. The van der Waals surface area contributed by atoms with Crippen LogP contribution in [0.5, 0.6) is 5.88 Å². The molecule has 3 heterocycles. The van der Waals surface area contributed by atoms with Crippen LogP contribution in [-0.2, 0) is 17.4 Å². The number of hydrogen-bond acceptors (Lipinski definition) is 4. The van der Waals surface area contributed by atoms with Crippen molar-refractivity contribution < 1.29 is 22.7 Å². The third-order valence-corrected chi connectivity index (χ3v) is 5.49. The summed E-state index contributed by atoms with van der Waals surface area (Å²) in [4.78, 5) is 18.2. The lowest BCUT2D eigenvalue weighted by Gasteiger charge is -2.16. The number of benzene rings is 1. The van der Waals surface area contributed by atoms with Crippen LogP contribution in [0, 0.1) is 6.92 Å². The predicted octanol–water partition coefficient (Wildman–Crippen LogP) is 4.31. The maximum atomic E-state index is 13.8. The Morgan fingerprint density at radius 1 is 1.16 bits per heavy atom. The summed E-state index contributed by atoms with van der Waals surface area (Å²) in [7, 11) is 0. The van der Waals surface area contributed by atoms with Crippen molar-refractivity contribution in [1.29, 1.82) is 0 Å². The highest BCUT2D eigenvalue weighted by Crippen LogP contribution is 2.38. The van der Waals surface area contributed by atoms with Crippen LogP contribution in [0.15, 0.2) is 30.3 Å². The van der Waals surface area contributed by atoms with Gasteiger partial charge in [0.2, 0.25) is 5.88 Å². The lowest BCUT2D eigenvalue weighted by atomic mass is 10.1. The summed E-state index contributed by atoms with van der Waals surface area (Å²) in [5.74, 6) is -0.508. The van der Waals surface area contributed by atoms with Gasteiger partial charge in [-0.3, -0.25) is 4.79 Å². The van der Waals surface area contributed by atoms with Crippen molar-refractivity contribution in [3.8, 4) is 11.6 Å². The Bertz CT molecular complexity index is 1100. The van der Waals surface area contributed by atoms with Crippen LogP contribution in [0.1, 0.15) is 36.6 Å². The van der Waals surface area contributed by atoms with Crippen LogP contribution in [0.3, 0.4) is 0 Å². The van der Waals surface area contributed by atoms with Gasteiger partial charge in [0, 0.05) is 19.2 Å². The molecule has 1 aliphatic rings. The lowest BCUT2D eigenvalue weighted by Crippen LogP contribution is -2.32. The van der Waals surface area contributed by atoms with Crippen molar-refractivity contribution in [2.45, 2.75) is 39.3 Å². The van der Waals surface area contributed by atoms with Crippen molar-refractivity contribution in [2.75, 3.05) is 19.7 Å². The molecule has 1 amide bonds. The molecule has 0 saturated carbocycles. The Kier molecular flexibility index (Phi) is 5.60. The summed E-state index contributed by atoms with van der Waals surface area (Å²) in [5.41, 5.74) is 1.08. The number of alkyl halides is 3. The monoisotopic (exact) mass is 432 g/mol. The fraction of sp³-hybridized carbons (Fsp3) is 0.409. The quantitative estimate of drug-likeness (QED) is 0.603. The number of rotatable bonds is 5. The molecule has 164 valence electrons. The maximum Gasteiger partial charge on any atom is 0.417 e. The van der Waals surface area contributed by atoms with Crippen LogP contribution in [0.2, 0.25) is 0 Å². The summed E-state index contributed by atoms with van der Waals surface area (Å²) in [6, 6.07) is 8.24. The highest BCUT2D eigenvalue weighted by atomic mass is 19.4. The summed E-state index contributed by atoms with van der Waals surface area (Å²) in [5, 5.41) is 4.23. The zero-order valence-corrected chi connectivity index (χ0v) is 17.4. The number of carbonyl (C=O) groups excluding carboxylic acids is 1. The zero-order valence-electron chi connectivity index (χ0n) is 17.4. The van der Waals surface area contributed by atoms with Gasteiger partial charge in [-0.15, -0.1) is 0 Å². The Hall–Kier alpha value is -3.10. The summed E-state index contributed by atoms with van der Waals surface area (Å²) >= 11 is 0. The molecule has 0 bridgehead atoms. The number of amides is 1. The number of aryl methyl sites for hydroxylation is 2. The van der Waals surface area contributed by atoms with Crippen LogP contribution in [-0.4, -0.2) is 45.3 Å². The van der Waals surface area contributed by atoms with E-state index in [4.69, 9.17) is 4.74 Å². The van der Waals surface area contributed by atoms with Crippen LogP contribution < -0.4 is 4.74 Å². The van der Waals surface area contributed by atoms with E-state index in [1.54, 1.807) is 17.0 Å². The van der Waals surface area contributed by atoms with Crippen molar-refractivity contribution in [2.24, 2.45) is 0 Å². The highest BCUT2D eigenvalue weighted by Gasteiger charge is 2.36. The minimum absolute atomic E-state index is 0.0418. The van der Waals surface area contributed by atoms with E-state index < -0.39 is 11.7 Å². The standard InChI is InChI=1S/C22H23F3N4O2/c1-3-15-6-8-16(9-7-15)29-21-20(14(2)27-29)17(22(23,24)25)12-18(26-21)31-13-19(30)28-10-4-5-11-28/h6-9,12H,3-5,10-11,13H2,1-2H3. The molecular formula is C22H23F3N4O2. The van der Waals surface area contributed by atoms with Crippen LogP contribution >= 0.6 is 0 Å². The number of nitrogens with zero attached hydrogens (tertiary/aromatic N) is 4. The molecule has 4 rings (SSSR count). The van der Waals surface area contributed by atoms with Crippen molar-refractivity contribution in [1.82, 2.24) is 19.7 Å². The van der Waals surface area contributed by atoms with Crippen molar-refractivity contribution in [3.63, 3.8) is 0 Å². The first kappa shape index (κ1) is 21.1. The predicted molar refractivity (Wildman–Crippen MR) is 109 cm³/mol. The molecule has 1 aliphatic heterocycles. The van der Waals surface area contributed by atoms with E-state index in [0.29, 0.717) is 18.8 Å². The van der Waals surface area contributed by atoms with E-state index in [2.05, 4.69) is 10.1 Å². The number of pyridine rings is 1. The molecule has 31 heavy (non-hydrogen) atoms. The number of ether oxygens (including phenoxy) is 1. The van der Waals surface area contributed by atoms with Crippen LogP contribution in [0.4, 0.5) is 13.2 Å². The largest absolute Gasteiger partial charge is 0.467 e. The second-order valence-corrected chi connectivity index (χ2v) is 7.60. The van der Waals surface area contributed by atoms with E-state index in [1.165, 1.54) is 11.6 Å². The van der Waals surface area contributed by atoms with E-state index in [1.807, 2.05) is 19.1 Å². The number of halogens is 3. The molecule has 3 aromatic rings. The van der Waals surface area contributed by atoms with Crippen LogP contribution in [0.25, 0.3) is 16.7 Å². The van der Waals surface area contributed by atoms with Gasteiger partial charge in [0.25, 0.3) is 5.91 Å². The number of aromatic nitrogens is 3. The third kappa shape index (κ3) is 4.22. The fourth-order valence-electron chi connectivity index (χ4n) is 3.81. The van der Waals surface area contributed by atoms with Gasteiger partial charge in [0.05, 0.1) is 22.3 Å². The molecule has 0 unspecified atom stereocenters.